The zero-order valence-corrected chi connectivity index (χ0v) is 11.3. The topological polar surface area (TPSA) is 26.3 Å². The van der Waals surface area contributed by atoms with Crippen molar-refractivity contribution in [2.24, 2.45) is 5.41 Å². The molecule has 0 saturated heterocycles. The van der Waals surface area contributed by atoms with Gasteiger partial charge in [0.1, 0.15) is 5.75 Å². The van der Waals surface area contributed by atoms with Crippen LogP contribution >= 0.6 is 0 Å². The molecular formula is C15H15F3O2. The first kappa shape index (κ1) is 14.6. The Kier molecular flexibility index (Phi) is 3.63. The number of ketones is 1. The second-order valence-electron chi connectivity index (χ2n) is 5.70. The summed E-state index contributed by atoms with van der Waals surface area (Å²) in [5, 5.41) is 0. The van der Waals surface area contributed by atoms with E-state index in [-0.39, 0.29) is 16.9 Å². The van der Waals surface area contributed by atoms with Crippen LogP contribution in [0.2, 0.25) is 0 Å². The van der Waals surface area contributed by atoms with Gasteiger partial charge in [-0.05, 0) is 29.6 Å². The molecule has 0 radical (unpaired) electrons. The number of hydrogen-bond donors (Lipinski definition) is 0. The molecule has 20 heavy (non-hydrogen) atoms. The van der Waals surface area contributed by atoms with Crippen molar-refractivity contribution in [3.8, 4) is 5.75 Å². The number of benzene rings is 1. The fourth-order valence-electron chi connectivity index (χ4n) is 2.46. The van der Waals surface area contributed by atoms with Crippen molar-refractivity contribution in [3.63, 3.8) is 0 Å². The molecule has 1 aliphatic carbocycles. The van der Waals surface area contributed by atoms with E-state index in [0.717, 1.165) is 0 Å². The zero-order valence-electron chi connectivity index (χ0n) is 11.3. The van der Waals surface area contributed by atoms with Gasteiger partial charge in [0.25, 0.3) is 0 Å². The predicted molar refractivity (Wildman–Crippen MR) is 69.1 cm³/mol. The highest BCUT2D eigenvalue weighted by Gasteiger charge is 2.34. The molecule has 0 N–H and O–H groups in total. The van der Waals surface area contributed by atoms with E-state index in [1.165, 1.54) is 18.2 Å². The molecule has 0 aliphatic heterocycles. The zero-order chi connectivity index (χ0) is 15.0. The molecule has 0 bridgehead atoms. The Morgan fingerprint density at radius 1 is 1.15 bits per heavy atom. The molecule has 0 spiro atoms. The summed E-state index contributed by atoms with van der Waals surface area (Å²) in [4.78, 5) is 11.7. The molecule has 0 aromatic heterocycles. The van der Waals surface area contributed by atoms with Gasteiger partial charge in [-0.1, -0.05) is 32.0 Å². The van der Waals surface area contributed by atoms with Crippen LogP contribution < -0.4 is 4.74 Å². The molecule has 2 nitrogen and oxygen atoms in total. The highest BCUT2D eigenvalue weighted by atomic mass is 19.4. The standard InChI is InChI=1S/C15H15F3O2/c1-14(2)8-10(7-11(19)9-14)12-5-3-4-6-13(12)20-15(16,17)18/h3-7H,8-9H2,1-2H3. The third-order valence-corrected chi connectivity index (χ3v) is 3.12. The van der Waals surface area contributed by atoms with Gasteiger partial charge >= 0.3 is 6.36 Å². The van der Waals surface area contributed by atoms with Gasteiger partial charge in [0.05, 0.1) is 0 Å². The molecule has 0 saturated carbocycles. The minimum Gasteiger partial charge on any atom is -0.405 e. The fraction of sp³-hybridized carbons (Fsp3) is 0.400. The third-order valence-electron chi connectivity index (χ3n) is 3.12. The number of alkyl halides is 3. The van der Waals surface area contributed by atoms with E-state index in [1.54, 1.807) is 12.1 Å². The quantitative estimate of drug-likeness (QED) is 0.806. The van der Waals surface area contributed by atoms with E-state index in [4.69, 9.17) is 0 Å². The minimum atomic E-state index is -4.75. The average Bonchev–Trinajstić information content (AvgIpc) is 2.24. The van der Waals surface area contributed by atoms with E-state index in [0.29, 0.717) is 24.0 Å². The molecule has 1 aromatic carbocycles. The Morgan fingerprint density at radius 2 is 1.80 bits per heavy atom. The number of carbonyl (C=O) groups is 1. The van der Waals surface area contributed by atoms with E-state index in [9.17, 15) is 18.0 Å². The molecule has 1 aromatic rings. The first-order chi connectivity index (χ1) is 9.16. The smallest absolute Gasteiger partial charge is 0.405 e. The summed E-state index contributed by atoms with van der Waals surface area (Å²) >= 11 is 0. The first-order valence-electron chi connectivity index (χ1n) is 6.25. The van der Waals surface area contributed by atoms with Gasteiger partial charge < -0.3 is 4.74 Å². The lowest BCUT2D eigenvalue weighted by molar-refractivity contribution is -0.274. The summed E-state index contributed by atoms with van der Waals surface area (Å²) in [6, 6.07) is 5.91. The Labute approximate surface area is 115 Å². The van der Waals surface area contributed by atoms with E-state index in [1.807, 2.05) is 13.8 Å². The Morgan fingerprint density at radius 3 is 2.40 bits per heavy atom. The van der Waals surface area contributed by atoms with Crippen molar-refractivity contribution in [1.82, 2.24) is 0 Å². The van der Waals surface area contributed by atoms with Crippen molar-refractivity contribution < 1.29 is 22.7 Å². The maximum absolute atomic E-state index is 12.4. The lowest BCUT2D eigenvalue weighted by Crippen LogP contribution is -2.22. The summed E-state index contributed by atoms with van der Waals surface area (Å²) in [7, 11) is 0. The molecule has 0 unspecified atom stereocenters. The summed E-state index contributed by atoms with van der Waals surface area (Å²) in [5.74, 6) is -0.338. The number of rotatable bonds is 2. The largest absolute Gasteiger partial charge is 0.573 e. The third kappa shape index (κ3) is 3.62. The van der Waals surface area contributed by atoms with Crippen molar-refractivity contribution in [3.05, 3.63) is 35.9 Å². The van der Waals surface area contributed by atoms with Gasteiger partial charge in [0.15, 0.2) is 5.78 Å². The van der Waals surface area contributed by atoms with Crippen LogP contribution in [-0.4, -0.2) is 12.1 Å². The molecule has 0 amide bonds. The SMILES string of the molecule is CC1(C)CC(=O)C=C(c2ccccc2OC(F)(F)F)C1. The van der Waals surface area contributed by atoms with Crippen molar-refractivity contribution in [2.75, 3.05) is 0 Å². The summed E-state index contributed by atoms with van der Waals surface area (Å²) in [5.41, 5.74) is 0.657. The number of allylic oxidation sites excluding steroid dienone is 2. The Balaban J connectivity index is 2.40. The van der Waals surface area contributed by atoms with Gasteiger partial charge in [-0.2, -0.15) is 0 Å². The van der Waals surface area contributed by atoms with E-state index < -0.39 is 6.36 Å². The second-order valence-corrected chi connectivity index (χ2v) is 5.70. The van der Waals surface area contributed by atoms with Crippen LogP contribution in [0, 0.1) is 5.41 Å². The lowest BCUT2D eigenvalue weighted by Gasteiger charge is -2.29. The number of hydrogen-bond acceptors (Lipinski definition) is 2. The molecule has 0 heterocycles. The number of para-hydroxylation sites is 1. The highest BCUT2D eigenvalue weighted by Crippen LogP contribution is 2.41. The maximum atomic E-state index is 12.4. The van der Waals surface area contributed by atoms with Crippen LogP contribution in [0.25, 0.3) is 5.57 Å². The molecule has 108 valence electrons. The normalized spacial score (nSPS) is 18.6. The van der Waals surface area contributed by atoms with Crippen LogP contribution in [0.1, 0.15) is 32.3 Å². The molecule has 1 aliphatic rings. The van der Waals surface area contributed by atoms with Crippen molar-refractivity contribution in [2.45, 2.75) is 33.1 Å². The molecule has 0 atom stereocenters. The van der Waals surface area contributed by atoms with Gasteiger partial charge in [-0.25, -0.2) is 0 Å². The van der Waals surface area contributed by atoms with Crippen LogP contribution in [0.15, 0.2) is 30.3 Å². The van der Waals surface area contributed by atoms with E-state index >= 15 is 0 Å². The van der Waals surface area contributed by atoms with Gasteiger partial charge in [0, 0.05) is 12.0 Å². The van der Waals surface area contributed by atoms with Gasteiger partial charge in [-0.3, -0.25) is 4.79 Å². The predicted octanol–water partition coefficient (Wildman–Crippen LogP) is 4.36. The Hall–Kier alpha value is -1.78. The number of halogens is 3. The maximum Gasteiger partial charge on any atom is 0.573 e. The van der Waals surface area contributed by atoms with Crippen molar-refractivity contribution in [1.29, 1.82) is 0 Å². The van der Waals surface area contributed by atoms with Crippen LogP contribution in [-0.2, 0) is 4.79 Å². The highest BCUT2D eigenvalue weighted by molar-refractivity contribution is 5.99. The minimum absolute atomic E-state index is 0.0712. The number of ether oxygens (including phenoxy) is 1. The molecule has 0 fully saturated rings. The average molecular weight is 284 g/mol. The van der Waals surface area contributed by atoms with Gasteiger partial charge in [-0.15, -0.1) is 13.2 Å². The van der Waals surface area contributed by atoms with Crippen LogP contribution in [0.3, 0.4) is 0 Å². The lowest BCUT2D eigenvalue weighted by atomic mass is 9.75. The van der Waals surface area contributed by atoms with Crippen LogP contribution in [0.5, 0.6) is 5.75 Å². The molecule has 5 heteroatoms. The van der Waals surface area contributed by atoms with E-state index in [2.05, 4.69) is 4.74 Å². The summed E-state index contributed by atoms with van der Waals surface area (Å²) in [6.45, 7) is 3.84. The molecular weight excluding hydrogens is 269 g/mol. The first-order valence-corrected chi connectivity index (χ1v) is 6.25. The summed E-state index contributed by atoms with van der Waals surface area (Å²) < 4.78 is 41.3. The Bertz CT molecular complexity index is 556. The van der Waals surface area contributed by atoms with Gasteiger partial charge in [0.2, 0.25) is 0 Å². The van der Waals surface area contributed by atoms with Crippen LogP contribution in [0.4, 0.5) is 13.2 Å². The number of carbonyl (C=O) groups excluding carboxylic acids is 1. The van der Waals surface area contributed by atoms with Crippen molar-refractivity contribution >= 4 is 11.4 Å². The summed E-state index contributed by atoms with van der Waals surface area (Å²) in [6.07, 6.45) is -2.38. The monoisotopic (exact) mass is 284 g/mol. The fourth-order valence-corrected chi connectivity index (χ4v) is 2.46. The molecule has 2 rings (SSSR count). The second kappa shape index (κ2) is 4.96.